The summed E-state index contributed by atoms with van der Waals surface area (Å²) in [6, 6.07) is 10.3. The highest BCUT2D eigenvalue weighted by atomic mass is 79.9. The second-order valence-electron chi connectivity index (χ2n) is 5.57. The number of alkyl halides is 1. The number of hydrogen-bond acceptors (Lipinski definition) is 1. The summed E-state index contributed by atoms with van der Waals surface area (Å²) in [5, 5.41) is 5.19. The van der Waals surface area contributed by atoms with E-state index in [1.54, 1.807) is 24.3 Å². The molecule has 4 heteroatoms. The molecule has 0 aromatic heterocycles. The maximum absolute atomic E-state index is 13.8. The van der Waals surface area contributed by atoms with E-state index in [-0.39, 0.29) is 17.8 Å². The molecule has 0 spiro atoms. The Hall–Kier alpha value is -1.42. The number of hydrogen-bond donors (Lipinski definition) is 1. The third-order valence-corrected chi connectivity index (χ3v) is 5.12. The molecule has 1 fully saturated rings. The Kier molecular flexibility index (Phi) is 4.24. The Bertz CT molecular complexity index is 673. The van der Waals surface area contributed by atoms with Gasteiger partial charge in [0.15, 0.2) is 0 Å². The zero-order chi connectivity index (χ0) is 14.8. The van der Waals surface area contributed by atoms with Gasteiger partial charge >= 0.3 is 0 Å². The number of halogens is 2. The number of amides is 1. The minimum absolute atomic E-state index is 0.107. The van der Waals surface area contributed by atoms with Crippen LogP contribution in [0.15, 0.2) is 36.4 Å². The smallest absolute Gasteiger partial charge is 0.252 e. The molecule has 2 atom stereocenters. The predicted octanol–water partition coefficient (Wildman–Crippen LogP) is 4.27. The van der Waals surface area contributed by atoms with Crippen LogP contribution in [0.5, 0.6) is 0 Å². The van der Waals surface area contributed by atoms with Crippen molar-refractivity contribution in [1.29, 1.82) is 0 Å². The van der Waals surface area contributed by atoms with Crippen molar-refractivity contribution in [2.24, 2.45) is 5.92 Å². The Morgan fingerprint density at radius 2 is 1.95 bits per heavy atom. The van der Waals surface area contributed by atoms with Gasteiger partial charge in [0.05, 0.1) is 0 Å². The van der Waals surface area contributed by atoms with E-state index in [9.17, 15) is 9.18 Å². The first-order valence-corrected chi connectivity index (χ1v) is 8.37. The number of rotatable bonds is 3. The lowest BCUT2D eigenvalue weighted by atomic mass is 10.0. The third-order valence-electron chi connectivity index (χ3n) is 4.29. The van der Waals surface area contributed by atoms with E-state index in [0.717, 1.165) is 24.6 Å². The molecule has 1 aliphatic rings. The van der Waals surface area contributed by atoms with E-state index in [2.05, 4.69) is 21.2 Å². The molecule has 0 radical (unpaired) electrons. The average molecular weight is 350 g/mol. The summed E-state index contributed by atoms with van der Waals surface area (Å²) in [6.07, 6.45) is 3.30. The topological polar surface area (TPSA) is 29.1 Å². The second kappa shape index (κ2) is 6.14. The molecule has 2 aromatic rings. The van der Waals surface area contributed by atoms with Gasteiger partial charge in [-0.2, -0.15) is 0 Å². The first kappa shape index (κ1) is 14.5. The lowest BCUT2D eigenvalue weighted by Gasteiger charge is -2.19. The largest absolute Gasteiger partial charge is 0.349 e. The van der Waals surface area contributed by atoms with Gasteiger partial charge in [-0.3, -0.25) is 4.79 Å². The highest BCUT2D eigenvalue weighted by Crippen LogP contribution is 2.28. The average Bonchev–Trinajstić information content (AvgIpc) is 2.95. The normalized spacial score (nSPS) is 21.6. The van der Waals surface area contributed by atoms with Crippen molar-refractivity contribution < 1.29 is 9.18 Å². The van der Waals surface area contributed by atoms with Gasteiger partial charge in [-0.05, 0) is 36.3 Å². The van der Waals surface area contributed by atoms with Crippen molar-refractivity contribution in [2.75, 3.05) is 5.33 Å². The van der Waals surface area contributed by atoms with Gasteiger partial charge in [0.1, 0.15) is 5.82 Å². The summed E-state index contributed by atoms with van der Waals surface area (Å²) in [6.45, 7) is 0. The van der Waals surface area contributed by atoms with Gasteiger partial charge in [0.25, 0.3) is 5.91 Å². The van der Waals surface area contributed by atoms with Crippen LogP contribution >= 0.6 is 15.9 Å². The maximum atomic E-state index is 13.8. The summed E-state index contributed by atoms with van der Waals surface area (Å²) in [7, 11) is 0. The molecule has 2 nitrogen and oxygen atoms in total. The van der Waals surface area contributed by atoms with Crippen LogP contribution in [0.1, 0.15) is 29.6 Å². The van der Waals surface area contributed by atoms with Gasteiger partial charge in [-0.25, -0.2) is 4.39 Å². The molecule has 0 bridgehead atoms. The van der Waals surface area contributed by atoms with Crippen molar-refractivity contribution in [1.82, 2.24) is 5.32 Å². The van der Waals surface area contributed by atoms with Crippen LogP contribution in [0.3, 0.4) is 0 Å². The number of carbonyl (C=O) groups excluding carboxylic acids is 1. The predicted molar refractivity (Wildman–Crippen MR) is 86.3 cm³/mol. The summed E-state index contributed by atoms with van der Waals surface area (Å²) in [5.74, 6) is 0.0889. The minimum Gasteiger partial charge on any atom is -0.349 e. The molecule has 1 aliphatic carbocycles. The molecular formula is C17H17BrFNO. The Labute approximate surface area is 131 Å². The molecule has 1 amide bonds. The summed E-state index contributed by atoms with van der Waals surface area (Å²) in [4.78, 5) is 12.5. The first-order valence-electron chi connectivity index (χ1n) is 7.25. The summed E-state index contributed by atoms with van der Waals surface area (Å²) in [5.41, 5.74) is 0.548. The van der Waals surface area contributed by atoms with E-state index >= 15 is 0 Å². The number of carbonyl (C=O) groups is 1. The number of fused-ring (bicyclic) bond motifs is 1. The standard InChI is InChI=1S/C17H17BrFNO/c18-10-11-4-3-7-16(11)20-17(21)14-8-9-15(19)13-6-2-1-5-12(13)14/h1-2,5-6,8-9,11,16H,3-4,7,10H2,(H,20,21). The van der Waals surface area contributed by atoms with Crippen LogP contribution in [-0.4, -0.2) is 17.3 Å². The van der Waals surface area contributed by atoms with Crippen molar-refractivity contribution in [3.05, 3.63) is 47.8 Å². The minimum atomic E-state index is -0.290. The Morgan fingerprint density at radius 1 is 1.19 bits per heavy atom. The van der Waals surface area contributed by atoms with Crippen molar-refractivity contribution in [2.45, 2.75) is 25.3 Å². The fraction of sp³-hybridized carbons (Fsp3) is 0.353. The highest BCUT2D eigenvalue weighted by molar-refractivity contribution is 9.09. The molecule has 21 heavy (non-hydrogen) atoms. The van der Waals surface area contributed by atoms with Crippen molar-refractivity contribution >= 4 is 32.6 Å². The van der Waals surface area contributed by atoms with E-state index in [1.165, 1.54) is 6.07 Å². The monoisotopic (exact) mass is 349 g/mol. The molecule has 0 aliphatic heterocycles. The highest BCUT2D eigenvalue weighted by Gasteiger charge is 2.28. The van der Waals surface area contributed by atoms with Gasteiger partial charge in [-0.15, -0.1) is 0 Å². The van der Waals surface area contributed by atoms with Crippen LogP contribution in [0, 0.1) is 11.7 Å². The molecule has 0 saturated heterocycles. The maximum Gasteiger partial charge on any atom is 0.252 e. The van der Waals surface area contributed by atoms with Crippen LogP contribution in [0.4, 0.5) is 4.39 Å². The summed E-state index contributed by atoms with van der Waals surface area (Å²) >= 11 is 3.51. The molecule has 1 N–H and O–H groups in total. The lowest BCUT2D eigenvalue weighted by Crippen LogP contribution is -2.38. The molecule has 2 aromatic carbocycles. The van der Waals surface area contributed by atoms with Crippen molar-refractivity contribution in [3.8, 4) is 0 Å². The SMILES string of the molecule is O=C(NC1CCCC1CBr)c1ccc(F)c2ccccc12. The Morgan fingerprint density at radius 3 is 2.71 bits per heavy atom. The van der Waals surface area contributed by atoms with E-state index in [1.807, 2.05) is 6.07 Å². The Balaban J connectivity index is 1.90. The number of benzene rings is 2. The van der Waals surface area contributed by atoms with E-state index in [0.29, 0.717) is 22.3 Å². The van der Waals surface area contributed by atoms with Crippen LogP contribution < -0.4 is 5.32 Å². The van der Waals surface area contributed by atoms with Gasteiger partial charge in [0, 0.05) is 22.3 Å². The summed E-state index contributed by atoms with van der Waals surface area (Å²) < 4.78 is 13.8. The molecule has 0 heterocycles. The van der Waals surface area contributed by atoms with Crippen molar-refractivity contribution in [3.63, 3.8) is 0 Å². The molecule has 110 valence electrons. The fourth-order valence-corrected chi connectivity index (χ4v) is 3.89. The van der Waals surface area contributed by atoms with E-state index < -0.39 is 0 Å². The molecular weight excluding hydrogens is 333 g/mol. The quantitative estimate of drug-likeness (QED) is 0.823. The molecule has 1 saturated carbocycles. The molecule has 2 unspecified atom stereocenters. The third kappa shape index (κ3) is 2.82. The second-order valence-corrected chi connectivity index (χ2v) is 6.21. The zero-order valence-electron chi connectivity index (χ0n) is 11.6. The lowest BCUT2D eigenvalue weighted by molar-refractivity contribution is 0.0932. The fourth-order valence-electron chi connectivity index (χ4n) is 3.12. The first-order chi connectivity index (χ1) is 10.2. The van der Waals surface area contributed by atoms with Gasteiger partial charge in [0.2, 0.25) is 0 Å². The van der Waals surface area contributed by atoms with Crippen LogP contribution in [0.2, 0.25) is 0 Å². The van der Waals surface area contributed by atoms with Gasteiger partial charge < -0.3 is 5.32 Å². The zero-order valence-corrected chi connectivity index (χ0v) is 13.2. The molecule has 3 rings (SSSR count). The number of nitrogens with one attached hydrogen (secondary N) is 1. The van der Waals surface area contributed by atoms with E-state index in [4.69, 9.17) is 0 Å². The van der Waals surface area contributed by atoms with Crippen LogP contribution in [0.25, 0.3) is 10.8 Å². The van der Waals surface area contributed by atoms with Crippen LogP contribution in [-0.2, 0) is 0 Å². The van der Waals surface area contributed by atoms with Gasteiger partial charge in [-0.1, -0.05) is 46.6 Å².